The predicted molar refractivity (Wildman–Crippen MR) is 82.9 cm³/mol. The van der Waals surface area contributed by atoms with Gasteiger partial charge in [0.2, 0.25) is 18.3 Å². The lowest BCUT2D eigenvalue weighted by Crippen LogP contribution is -2.05. The van der Waals surface area contributed by atoms with Crippen molar-refractivity contribution in [1.82, 2.24) is 4.98 Å². The molecule has 2 aliphatic heterocycles. The summed E-state index contributed by atoms with van der Waals surface area (Å²) in [4.78, 5) is 15.2. The molecule has 1 fully saturated rings. The molecule has 0 amide bonds. The molecule has 0 N–H and O–H groups in total. The minimum atomic E-state index is -0.853. The molecule has 2 aromatic rings. The highest BCUT2D eigenvalue weighted by molar-refractivity contribution is 5.68. The minimum absolute atomic E-state index is 0.0108. The van der Waals surface area contributed by atoms with Gasteiger partial charge in [0, 0.05) is 11.8 Å². The van der Waals surface area contributed by atoms with Crippen molar-refractivity contribution in [3.05, 3.63) is 45.8 Å². The van der Waals surface area contributed by atoms with Crippen LogP contribution in [0, 0.1) is 17.0 Å². The summed E-state index contributed by atoms with van der Waals surface area (Å²) in [6, 6.07) is 5.03. The third-order valence-electron chi connectivity index (χ3n) is 3.78. The molecule has 1 aromatic heterocycles. The van der Waals surface area contributed by atoms with E-state index in [0.717, 1.165) is 5.69 Å². The molecular formula is C16H14N2O7. The van der Waals surface area contributed by atoms with E-state index in [2.05, 4.69) is 4.98 Å². The summed E-state index contributed by atoms with van der Waals surface area (Å²) in [7, 11) is 0. The Kier molecular flexibility index (Phi) is 3.86. The highest BCUT2D eigenvalue weighted by Gasteiger charge is 2.38. The summed E-state index contributed by atoms with van der Waals surface area (Å²) in [5, 5.41) is 11.6. The number of ether oxygens (including phenoxy) is 5. The second-order valence-electron chi connectivity index (χ2n) is 5.45. The Morgan fingerprint density at radius 2 is 2.00 bits per heavy atom. The van der Waals surface area contributed by atoms with Crippen LogP contribution in [0.2, 0.25) is 0 Å². The molecule has 0 saturated carbocycles. The number of aromatic nitrogens is 1. The van der Waals surface area contributed by atoms with Crippen LogP contribution in [0.25, 0.3) is 0 Å². The van der Waals surface area contributed by atoms with Gasteiger partial charge in [-0.1, -0.05) is 0 Å². The Bertz CT molecular complexity index is 816. The van der Waals surface area contributed by atoms with E-state index in [1.165, 1.54) is 6.07 Å². The Labute approximate surface area is 142 Å². The van der Waals surface area contributed by atoms with Crippen LogP contribution >= 0.6 is 0 Å². The zero-order valence-corrected chi connectivity index (χ0v) is 13.3. The molecule has 0 radical (unpaired) electrons. The highest BCUT2D eigenvalue weighted by Crippen LogP contribution is 2.52. The Morgan fingerprint density at radius 1 is 1.24 bits per heavy atom. The van der Waals surface area contributed by atoms with E-state index in [0.29, 0.717) is 19.0 Å². The number of benzene rings is 1. The standard InChI is InChI=1S/C16H14N2O7/c1-9-2-3-10(7-17-9)25-12-6-11(16-21-4-5-22-16)13(18(19)20)15-14(12)23-8-24-15/h2-3,6-7,16H,4-5,8H2,1H3. The van der Waals surface area contributed by atoms with Gasteiger partial charge in [-0.05, 0) is 19.1 Å². The topological polar surface area (TPSA) is 102 Å². The van der Waals surface area contributed by atoms with Gasteiger partial charge in [0.15, 0.2) is 12.0 Å². The second-order valence-corrected chi connectivity index (χ2v) is 5.45. The van der Waals surface area contributed by atoms with Crippen LogP contribution in [0.15, 0.2) is 24.4 Å². The van der Waals surface area contributed by atoms with Gasteiger partial charge in [0.1, 0.15) is 5.75 Å². The van der Waals surface area contributed by atoms with Gasteiger partial charge in [0.25, 0.3) is 0 Å². The number of nitrogens with zero attached hydrogens (tertiary/aromatic N) is 2. The van der Waals surface area contributed by atoms with Gasteiger partial charge in [-0.2, -0.15) is 0 Å². The molecule has 0 spiro atoms. The molecule has 0 aliphatic carbocycles. The van der Waals surface area contributed by atoms with Crippen molar-refractivity contribution in [3.63, 3.8) is 0 Å². The monoisotopic (exact) mass is 346 g/mol. The van der Waals surface area contributed by atoms with E-state index < -0.39 is 11.2 Å². The van der Waals surface area contributed by atoms with Crippen LogP contribution in [0.3, 0.4) is 0 Å². The summed E-state index contributed by atoms with van der Waals surface area (Å²) in [5.41, 5.74) is 0.824. The van der Waals surface area contributed by atoms with Gasteiger partial charge < -0.3 is 23.7 Å². The van der Waals surface area contributed by atoms with Crippen LogP contribution in [0.5, 0.6) is 23.0 Å². The number of hydrogen-bond acceptors (Lipinski definition) is 8. The first-order valence-electron chi connectivity index (χ1n) is 7.58. The van der Waals surface area contributed by atoms with Gasteiger partial charge in [-0.15, -0.1) is 0 Å². The molecule has 0 unspecified atom stereocenters. The molecule has 9 heteroatoms. The normalized spacial score (nSPS) is 16.2. The summed E-state index contributed by atoms with van der Waals surface area (Å²) in [6.45, 7) is 2.44. The molecule has 0 atom stereocenters. The van der Waals surface area contributed by atoms with Crippen LogP contribution in [0.4, 0.5) is 5.69 Å². The van der Waals surface area contributed by atoms with Crippen molar-refractivity contribution in [2.45, 2.75) is 13.2 Å². The molecule has 3 heterocycles. The lowest BCUT2D eigenvalue weighted by molar-refractivity contribution is -0.387. The van der Waals surface area contributed by atoms with Gasteiger partial charge >= 0.3 is 5.69 Å². The summed E-state index contributed by atoms with van der Waals surface area (Å²) < 4.78 is 27.3. The fourth-order valence-corrected chi connectivity index (χ4v) is 2.67. The van der Waals surface area contributed by atoms with Crippen molar-refractivity contribution in [3.8, 4) is 23.0 Å². The maximum absolute atomic E-state index is 11.6. The fourth-order valence-electron chi connectivity index (χ4n) is 2.67. The first-order chi connectivity index (χ1) is 12.1. The van der Waals surface area contributed by atoms with E-state index in [1.54, 1.807) is 18.3 Å². The first-order valence-corrected chi connectivity index (χ1v) is 7.58. The van der Waals surface area contributed by atoms with Crippen LogP contribution in [-0.4, -0.2) is 29.9 Å². The molecule has 0 bridgehead atoms. The van der Waals surface area contributed by atoms with Crippen molar-refractivity contribution in [2.75, 3.05) is 20.0 Å². The molecule has 2 aliphatic rings. The van der Waals surface area contributed by atoms with Crippen LogP contribution < -0.4 is 14.2 Å². The maximum Gasteiger partial charge on any atom is 0.323 e. The number of hydrogen-bond donors (Lipinski definition) is 0. The smallest absolute Gasteiger partial charge is 0.323 e. The van der Waals surface area contributed by atoms with E-state index in [-0.39, 0.29) is 35.3 Å². The SMILES string of the molecule is Cc1ccc(Oc2cc(C3OCCO3)c([N+](=O)[O-])c3c2OCO3)cn1. The average molecular weight is 346 g/mol. The van der Waals surface area contributed by atoms with E-state index in [4.69, 9.17) is 23.7 Å². The van der Waals surface area contributed by atoms with Crippen LogP contribution in [-0.2, 0) is 9.47 Å². The zero-order chi connectivity index (χ0) is 17.4. The van der Waals surface area contributed by atoms with Crippen molar-refractivity contribution in [1.29, 1.82) is 0 Å². The quantitative estimate of drug-likeness (QED) is 0.615. The lowest BCUT2D eigenvalue weighted by Gasteiger charge is -2.14. The van der Waals surface area contributed by atoms with E-state index in [1.807, 2.05) is 6.92 Å². The molecule has 9 nitrogen and oxygen atoms in total. The van der Waals surface area contributed by atoms with E-state index in [9.17, 15) is 10.1 Å². The lowest BCUT2D eigenvalue weighted by atomic mass is 10.1. The Morgan fingerprint density at radius 3 is 2.68 bits per heavy atom. The number of aryl methyl sites for hydroxylation is 1. The Hall–Kier alpha value is -2.91. The van der Waals surface area contributed by atoms with Gasteiger partial charge in [0.05, 0.1) is 29.9 Å². The third kappa shape index (κ3) is 2.83. The number of nitro benzene ring substituents is 1. The van der Waals surface area contributed by atoms with Crippen molar-refractivity contribution >= 4 is 5.69 Å². The average Bonchev–Trinajstić information content (AvgIpc) is 3.27. The summed E-state index contributed by atoms with van der Waals surface area (Å²) in [6.07, 6.45) is 0.703. The molecule has 4 rings (SSSR count). The van der Waals surface area contributed by atoms with Gasteiger partial charge in [-0.25, -0.2) is 0 Å². The molecular weight excluding hydrogens is 332 g/mol. The highest BCUT2D eigenvalue weighted by atomic mass is 16.7. The third-order valence-corrected chi connectivity index (χ3v) is 3.78. The summed E-state index contributed by atoms with van der Waals surface area (Å²) in [5.74, 6) is 0.930. The number of nitro groups is 1. The van der Waals surface area contributed by atoms with Crippen LogP contribution in [0.1, 0.15) is 17.5 Å². The molecule has 25 heavy (non-hydrogen) atoms. The fraction of sp³-hybridized carbons (Fsp3) is 0.312. The zero-order valence-electron chi connectivity index (χ0n) is 13.3. The Balaban J connectivity index is 1.81. The van der Waals surface area contributed by atoms with Gasteiger partial charge in [-0.3, -0.25) is 15.1 Å². The van der Waals surface area contributed by atoms with E-state index >= 15 is 0 Å². The minimum Gasteiger partial charge on any atom is -0.452 e. The number of rotatable bonds is 4. The number of pyridine rings is 1. The number of fused-ring (bicyclic) bond motifs is 1. The first kappa shape index (κ1) is 15.6. The molecule has 1 aromatic carbocycles. The molecule has 1 saturated heterocycles. The largest absolute Gasteiger partial charge is 0.452 e. The molecule has 130 valence electrons. The second kappa shape index (κ2) is 6.19. The predicted octanol–water partition coefficient (Wildman–Crippen LogP) is 2.86. The maximum atomic E-state index is 11.6. The summed E-state index contributed by atoms with van der Waals surface area (Å²) >= 11 is 0. The van der Waals surface area contributed by atoms with Crippen molar-refractivity contribution in [2.24, 2.45) is 0 Å². The van der Waals surface area contributed by atoms with Crippen molar-refractivity contribution < 1.29 is 28.6 Å².